The third-order valence-corrected chi connectivity index (χ3v) is 2.77. The van der Waals surface area contributed by atoms with Gasteiger partial charge in [-0.15, -0.1) is 0 Å². The molecule has 0 aliphatic carbocycles. The van der Waals surface area contributed by atoms with Gasteiger partial charge in [-0.3, -0.25) is 16.0 Å². The normalized spacial score (nSPS) is 12.6. The third-order valence-electron chi connectivity index (χ3n) is 2.77. The summed E-state index contributed by atoms with van der Waals surface area (Å²) in [5, 5.41) is 4.14. The lowest BCUT2D eigenvalue weighted by atomic mass is 10.00. The molecule has 1 heterocycles. The van der Waals surface area contributed by atoms with E-state index in [1.54, 1.807) is 4.68 Å². The summed E-state index contributed by atoms with van der Waals surface area (Å²) in [5.74, 6) is 5.60. The number of hydrogen-bond donors (Lipinski definition) is 3. The Morgan fingerprint density at radius 3 is 2.76 bits per heavy atom. The summed E-state index contributed by atoms with van der Waals surface area (Å²) >= 11 is 0. The standard InChI is InChI=1S/C12H17N5/c1-17-8-9(7-15-17)6-12(16-14)10-4-2-3-5-11(10)13/h2-5,7-8,12,16H,6,13-14H2,1H3. The summed E-state index contributed by atoms with van der Waals surface area (Å²) in [6, 6.07) is 7.73. The van der Waals surface area contributed by atoms with E-state index in [4.69, 9.17) is 11.6 Å². The van der Waals surface area contributed by atoms with E-state index in [1.807, 2.05) is 43.7 Å². The number of anilines is 1. The van der Waals surface area contributed by atoms with Gasteiger partial charge in [-0.05, 0) is 23.6 Å². The van der Waals surface area contributed by atoms with E-state index in [-0.39, 0.29) is 6.04 Å². The smallest absolute Gasteiger partial charge is 0.0522 e. The van der Waals surface area contributed by atoms with Crippen molar-refractivity contribution in [3.63, 3.8) is 0 Å². The van der Waals surface area contributed by atoms with Crippen molar-refractivity contribution in [2.24, 2.45) is 12.9 Å². The van der Waals surface area contributed by atoms with Gasteiger partial charge in [0.2, 0.25) is 0 Å². The molecule has 17 heavy (non-hydrogen) atoms. The van der Waals surface area contributed by atoms with Gasteiger partial charge in [0.05, 0.1) is 12.2 Å². The summed E-state index contributed by atoms with van der Waals surface area (Å²) in [6.07, 6.45) is 4.57. The van der Waals surface area contributed by atoms with Crippen LogP contribution in [0.5, 0.6) is 0 Å². The Kier molecular flexibility index (Phi) is 3.41. The fraction of sp³-hybridized carbons (Fsp3) is 0.250. The maximum absolute atomic E-state index is 5.94. The lowest BCUT2D eigenvalue weighted by molar-refractivity contribution is 0.553. The predicted octanol–water partition coefficient (Wildman–Crippen LogP) is 0.749. The molecule has 5 N–H and O–H groups in total. The Hall–Kier alpha value is -1.85. The minimum atomic E-state index is 0.000370. The summed E-state index contributed by atoms with van der Waals surface area (Å²) in [7, 11) is 1.89. The molecule has 0 spiro atoms. The van der Waals surface area contributed by atoms with Crippen LogP contribution in [0.15, 0.2) is 36.7 Å². The van der Waals surface area contributed by atoms with Crippen molar-refractivity contribution in [1.82, 2.24) is 15.2 Å². The first-order valence-corrected chi connectivity index (χ1v) is 5.48. The molecule has 5 nitrogen and oxygen atoms in total. The highest BCUT2D eigenvalue weighted by atomic mass is 15.2. The highest BCUT2D eigenvalue weighted by molar-refractivity contribution is 5.48. The molecule has 0 fully saturated rings. The number of nitrogen functional groups attached to an aromatic ring is 1. The molecular formula is C12H17N5. The zero-order valence-corrected chi connectivity index (χ0v) is 9.80. The van der Waals surface area contributed by atoms with E-state index in [2.05, 4.69) is 10.5 Å². The molecule has 2 aromatic rings. The van der Waals surface area contributed by atoms with Crippen LogP contribution in [0.2, 0.25) is 0 Å². The van der Waals surface area contributed by atoms with Gasteiger partial charge >= 0.3 is 0 Å². The lowest BCUT2D eigenvalue weighted by Gasteiger charge is -2.17. The van der Waals surface area contributed by atoms with Gasteiger partial charge in [0.25, 0.3) is 0 Å². The molecule has 0 aliphatic rings. The summed E-state index contributed by atoms with van der Waals surface area (Å²) in [4.78, 5) is 0. The molecule has 0 bridgehead atoms. The molecule has 90 valence electrons. The van der Waals surface area contributed by atoms with Crippen molar-refractivity contribution in [3.8, 4) is 0 Å². The minimum Gasteiger partial charge on any atom is -0.398 e. The van der Waals surface area contributed by atoms with E-state index in [1.165, 1.54) is 0 Å². The molecule has 0 saturated carbocycles. The van der Waals surface area contributed by atoms with Crippen LogP contribution in [0.3, 0.4) is 0 Å². The lowest BCUT2D eigenvalue weighted by Crippen LogP contribution is -2.30. The number of aryl methyl sites for hydroxylation is 1. The van der Waals surface area contributed by atoms with E-state index >= 15 is 0 Å². The van der Waals surface area contributed by atoms with Crippen molar-refractivity contribution in [1.29, 1.82) is 0 Å². The molecule has 5 heteroatoms. The monoisotopic (exact) mass is 231 g/mol. The van der Waals surface area contributed by atoms with Gasteiger partial charge in [-0.25, -0.2) is 0 Å². The number of hydrazine groups is 1. The first-order chi connectivity index (χ1) is 8.20. The van der Waals surface area contributed by atoms with Crippen LogP contribution in [0, 0.1) is 0 Å². The fourth-order valence-corrected chi connectivity index (χ4v) is 1.90. The number of rotatable bonds is 4. The number of aromatic nitrogens is 2. The molecule has 0 radical (unpaired) electrons. The topological polar surface area (TPSA) is 81.9 Å². The quantitative estimate of drug-likeness (QED) is 0.412. The van der Waals surface area contributed by atoms with Crippen molar-refractivity contribution < 1.29 is 0 Å². The molecule has 0 saturated heterocycles. The van der Waals surface area contributed by atoms with Gasteiger partial charge in [0, 0.05) is 18.9 Å². The first-order valence-electron chi connectivity index (χ1n) is 5.48. The number of nitrogens with two attached hydrogens (primary N) is 2. The molecule has 2 rings (SSSR count). The Morgan fingerprint density at radius 1 is 1.41 bits per heavy atom. The Bertz CT molecular complexity index is 491. The van der Waals surface area contributed by atoms with Crippen LogP contribution < -0.4 is 17.0 Å². The predicted molar refractivity (Wildman–Crippen MR) is 67.8 cm³/mol. The van der Waals surface area contributed by atoms with Crippen LogP contribution >= 0.6 is 0 Å². The number of para-hydroxylation sites is 1. The van der Waals surface area contributed by atoms with Crippen molar-refractivity contribution in [2.45, 2.75) is 12.5 Å². The van der Waals surface area contributed by atoms with E-state index in [0.717, 1.165) is 23.2 Å². The van der Waals surface area contributed by atoms with Gasteiger partial charge < -0.3 is 5.73 Å². The van der Waals surface area contributed by atoms with Gasteiger partial charge in [-0.1, -0.05) is 18.2 Å². The highest BCUT2D eigenvalue weighted by Gasteiger charge is 2.13. The average molecular weight is 231 g/mol. The zero-order chi connectivity index (χ0) is 12.3. The zero-order valence-electron chi connectivity index (χ0n) is 9.80. The van der Waals surface area contributed by atoms with Gasteiger partial charge in [0.15, 0.2) is 0 Å². The summed E-state index contributed by atoms with van der Waals surface area (Å²) in [6.45, 7) is 0. The molecule has 1 aromatic heterocycles. The minimum absolute atomic E-state index is 0.000370. The largest absolute Gasteiger partial charge is 0.398 e. The number of nitrogens with zero attached hydrogens (tertiary/aromatic N) is 2. The van der Waals surface area contributed by atoms with Gasteiger partial charge in [0.1, 0.15) is 0 Å². The Labute approximate surface area is 100 Å². The van der Waals surface area contributed by atoms with Crippen LogP contribution in [0.4, 0.5) is 5.69 Å². The molecule has 1 atom stereocenters. The van der Waals surface area contributed by atoms with Crippen LogP contribution in [-0.4, -0.2) is 9.78 Å². The molecule has 0 aliphatic heterocycles. The average Bonchev–Trinajstić information content (AvgIpc) is 2.73. The van der Waals surface area contributed by atoms with E-state index < -0.39 is 0 Å². The van der Waals surface area contributed by atoms with E-state index in [0.29, 0.717) is 0 Å². The molecule has 0 amide bonds. The second-order valence-electron chi connectivity index (χ2n) is 4.07. The number of nitrogens with one attached hydrogen (secondary N) is 1. The third kappa shape index (κ3) is 2.64. The second kappa shape index (κ2) is 4.99. The van der Waals surface area contributed by atoms with Crippen LogP contribution in [-0.2, 0) is 13.5 Å². The van der Waals surface area contributed by atoms with Crippen molar-refractivity contribution in [2.75, 3.05) is 5.73 Å². The number of benzene rings is 1. The van der Waals surface area contributed by atoms with Crippen LogP contribution in [0.1, 0.15) is 17.2 Å². The molecule has 1 aromatic carbocycles. The SMILES string of the molecule is Cn1cc(CC(NN)c2ccccc2N)cn1. The van der Waals surface area contributed by atoms with Crippen molar-refractivity contribution in [3.05, 3.63) is 47.8 Å². The van der Waals surface area contributed by atoms with Crippen LogP contribution in [0.25, 0.3) is 0 Å². The summed E-state index contributed by atoms with van der Waals surface area (Å²) < 4.78 is 1.78. The maximum Gasteiger partial charge on any atom is 0.0522 e. The van der Waals surface area contributed by atoms with Crippen molar-refractivity contribution >= 4 is 5.69 Å². The Balaban J connectivity index is 2.20. The highest BCUT2D eigenvalue weighted by Crippen LogP contribution is 2.22. The second-order valence-corrected chi connectivity index (χ2v) is 4.07. The summed E-state index contributed by atoms with van der Waals surface area (Å²) in [5.41, 5.74) is 11.6. The van der Waals surface area contributed by atoms with E-state index in [9.17, 15) is 0 Å². The maximum atomic E-state index is 5.94. The molecular weight excluding hydrogens is 214 g/mol. The van der Waals surface area contributed by atoms with Gasteiger partial charge in [-0.2, -0.15) is 5.10 Å². The Morgan fingerprint density at radius 2 is 2.18 bits per heavy atom. The fourth-order valence-electron chi connectivity index (χ4n) is 1.90. The molecule has 1 unspecified atom stereocenters. The number of hydrogen-bond acceptors (Lipinski definition) is 4. The first kappa shape index (κ1) is 11.6.